The van der Waals surface area contributed by atoms with Crippen LogP contribution in [0.4, 0.5) is 0 Å². The molecule has 23 heavy (non-hydrogen) atoms. The normalized spacial score (nSPS) is 26.5. The number of nitrogens with zero attached hydrogens (tertiary/aromatic N) is 4. The van der Waals surface area contributed by atoms with E-state index in [0.717, 1.165) is 4.57 Å². The van der Waals surface area contributed by atoms with E-state index in [1.807, 2.05) is 0 Å². The summed E-state index contributed by atoms with van der Waals surface area (Å²) in [4.78, 5) is 47.2. The van der Waals surface area contributed by atoms with Gasteiger partial charge in [0.1, 0.15) is 6.23 Å². The predicted molar refractivity (Wildman–Crippen MR) is 73.3 cm³/mol. The second kappa shape index (κ2) is 6.67. The van der Waals surface area contributed by atoms with Crippen molar-refractivity contribution in [2.75, 3.05) is 6.61 Å². The number of H-pyrrole nitrogens is 1. The Labute approximate surface area is 128 Å². The molecular weight excluding hydrogens is 333 g/mol. The van der Waals surface area contributed by atoms with Gasteiger partial charge in [-0.25, -0.2) is 4.79 Å². The second-order valence-electron chi connectivity index (χ2n) is 4.88. The van der Waals surface area contributed by atoms with Gasteiger partial charge in [0.15, 0.2) is 0 Å². The van der Waals surface area contributed by atoms with Crippen LogP contribution in [0, 0.1) is 6.92 Å². The zero-order valence-corrected chi connectivity index (χ0v) is 12.8. The molecule has 1 aliphatic heterocycles. The van der Waals surface area contributed by atoms with Crippen molar-refractivity contribution in [3.05, 3.63) is 43.0 Å². The number of rotatable bonds is 5. The number of phosphoric ester groups is 1. The number of aromatic amines is 1. The van der Waals surface area contributed by atoms with Crippen LogP contribution in [0.5, 0.6) is 0 Å². The fourth-order valence-corrected chi connectivity index (χ4v) is 2.53. The highest BCUT2D eigenvalue weighted by atomic mass is 31.2. The van der Waals surface area contributed by atoms with Crippen molar-refractivity contribution in [1.29, 1.82) is 0 Å². The number of hydrogen-bond acceptors (Lipinski definition) is 7. The minimum Gasteiger partial charge on any atom is -0.756 e. The third-order valence-corrected chi connectivity index (χ3v) is 3.74. The van der Waals surface area contributed by atoms with Crippen LogP contribution >= 0.6 is 7.82 Å². The fraction of sp³-hybridized carbons (Fsp3) is 0.600. The molecule has 1 saturated heterocycles. The molecule has 0 radical (unpaired) electrons. The molecule has 126 valence electrons. The van der Waals surface area contributed by atoms with Crippen molar-refractivity contribution in [3.63, 3.8) is 0 Å². The third kappa shape index (κ3) is 4.29. The quantitative estimate of drug-likeness (QED) is 0.305. The Balaban J connectivity index is 2.24. The SMILES string of the molecule is Cc1cn([C@H]2C[C@H](N=[N+]=[N-])[C@@H](COP(=O)([O-])O)O2)c(=O)[nH]c1=O. The first-order valence-electron chi connectivity index (χ1n) is 6.41. The summed E-state index contributed by atoms with van der Waals surface area (Å²) in [6.07, 6.45) is -0.512. The van der Waals surface area contributed by atoms with Gasteiger partial charge in [-0.2, -0.15) is 0 Å². The van der Waals surface area contributed by atoms with Gasteiger partial charge in [0, 0.05) is 23.1 Å². The van der Waals surface area contributed by atoms with E-state index in [0.29, 0.717) is 0 Å². The van der Waals surface area contributed by atoms with Crippen molar-refractivity contribution in [3.8, 4) is 0 Å². The Hall–Kier alpha value is -1.94. The number of aromatic nitrogens is 2. The highest BCUT2D eigenvalue weighted by Gasteiger charge is 2.37. The van der Waals surface area contributed by atoms with Crippen LogP contribution < -0.4 is 16.1 Å². The topological polar surface area (TPSA) is 182 Å². The van der Waals surface area contributed by atoms with E-state index in [2.05, 4.69) is 19.5 Å². The second-order valence-corrected chi connectivity index (χ2v) is 6.08. The van der Waals surface area contributed by atoms with Crippen molar-refractivity contribution < 1.29 is 23.6 Å². The molecule has 1 fully saturated rings. The van der Waals surface area contributed by atoms with E-state index < -0.39 is 44.1 Å². The maximum atomic E-state index is 11.8. The average molecular weight is 346 g/mol. The summed E-state index contributed by atoms with van der Waals surface area (Å²) in [5, 5.41) is 3.47. The maximum absolute atomic E-state index is 11.8. The van der Waals surface area contributed by atoms with E-state index >= 15 is 0 Å². The Kier molecular flexibility index (Phi) is 5.05. The lowest BCUT2D eigenvalue weighted by atomic mass is 10.1. The molecule has 1 aromatic rings. The molecule has 2 rings (SSSR count). The van der Waals surface area contributed by atoms with Gasteiger partial charge < -0.3 is 19.0 Å². The Morgan fingerprint density at radius 1 is 1.70 bits per heavy atom. The van der Waals surface area contributed by atoms with Crippen molar-refractivity contribution >= 4 is 7.82 Å². The van der Waals surface area contributed by atoms with Gasteiger partial charge in [0.05, 0.1) is 18.8 Å². The van der Waals surface area contributed by atoms with Crippen LogP contribution in [0.2, 0.25) is 0 Å². The Morgan fingerprint density at radius 3 is 3.00 bits per heavy atom. The van der Waals surface area contributed by atoms with Gasteiger partial charge >= 0.3 is 5.69 Å². The van der Waals surface area contributed by atoms with Gasteiger partial charge in [-0.3, -0.25) is 18.9 Å². The molecule has 2 N–H and O–H groups in total. The third-order valence-electron chi connectivity index (χ3n) is 3.26. The zero-order chi connectivity index (χ0) is 17.2. The average Bonchev–Trinajstić information content (AvgIpc) is 2.83. The van der Waals surface area contributed by atoms with Gasteiger partial charge in [-0.1, -0.05) is 5.11 Å². The van der Waals surface area contributed by atoms with Crippen LogP contribution in [0.1, 0.15) is 18.2 Å². The van der Waals surface area contributed by atoms with Crippen LogP contribution in [0.3, 0.4) is 0 Å². The molecule has 1 aromatic heterocycles. The van der Waals surface area contributed by atoms with Gasteiger partial charge in [0.25, 0.3) is 13.4 Å². The van der Waals surface area contributed by atoms with Crippen LogP contribution in [0.25, 0.3) is 10.4 Å². The van der Waals surface area contributed by atoms with Crippen molar-refractivity contribution in [1.82, 2.24) is 9.55 Å². The lowest BCUT2D eigenvalue weighted by Crippen LogP contribution is -2.33. The molecular formula is C10H13N5O7P-. The van der Waals surface area contributed by atoms with E-state index in [-0.39, 0.29) is 12.0 Å². The van der Waals surface area contributed by atoms with Crippen LogP contribution in [0.15, 0.2) is 20.9 Å². The molecule has 1 unspecified atom stereocenters. The lowest BCUT2D eigenvalue weighted by molar-refractivity contribution is -0.222. The number of aryl methyl sites for hydroxylation is 1. The van der Waals surface area contributed by atoms with Gasteiger partial charge in [0.2, 0.25) is 0 Å². The van der Waals surface area contributed by atoms with Gasteiger partial charge in [-0.15, -0.1) is 0 Å². The first-order valence-corrected chi connectivity index (χ1v) is 7.91. The molecule has 13 heteroatoms. The summed E-state index contributed by atoms with van der Waals surface area (Å²) in [7, 11) is -4.96. The summed E-state index contributed by atoms with van der Waals surface area (Å²) in [6, 6.07) is -0.810. The molecule has 1 aliphatic rings. The molecule has 12 nitrogen and oxygen atoms in total. The van der Waals surface area contributed by atoms with Gasteiger partial charge in [-0.05, 0) is 12.5 Å². The first-order chi connectivity index (χ1) is 10.7. The van der Waals surface area contributed by atoms with E-state index in [4.69, 9.17) is 15.2 Å². The molecule has 0 spiro atoms. The number of nitrogens with one attached hydrogen (secondary N) is 1. The van der Waals surface area contributed by atoms with E-state index in [9.17, 15) is 19.0 Å². The molecule has 0 amide bonds. The lowest BCUT2D eigenvalue weighted by Gasteiger charge is -2.20. The number of phosphoric acid groups is 1. The Morgan fingerprint density at radius 2 is 2.39 bits per heavy atom. The number of azide groups is 1. The monoisotopic (exact) mass is 346 g/mol. The highest BCUT2D eigenvalue weighted by Crippen LogP contribution is 2.35. The molecule has 4 atom stereocenters. The minimum atomic E-state index is -4.96. The predicted octanol–water partition coefficient (Wildman–Crippen LogP) is -0.711. The minimum absolute atomic E-state index is 0.0675. The largest absolute Gasteiger partial charge is 0.756 e. The number of ether oxygens (including phenoxy) is 1. The molecule has 0 aromatic carbocycles. The fourth-order valence-electron chi connectivity index (χ4n) is 2.19. The first kappa shape index (κ1) is 17.4. The Bertz CT molecular complexity index is 792. The maximum Gasteiger partial charge on any atom is 0.330 e. The number of hydrogen-bond donors (Lipinski definition) is 2. The smallest absolute Gasteiger partial charge is 0.330 e. The van der Waals surface area contributed by atoms with E-state index in [1.165, 1.54) is 13.1 Å². The zero-order valence-electron chi connectivity index (χ0n) is 11.9. The highest BCUT2D eigenvalue weighted by molar-refractivity contribution is 7.44. The summed E-state index contributed by atoms with van der Waals surface area (Å²) < 4.78 is 21.5. The summed E-state index contributed by atoms with van der Waals surface area (Å²) in [5.74, 6) is 0. The molecule has 2 heterocycles. The molecule has 0 saturated carbocycles. The van der Waals surface area contributed by atoms with Crippen molar-refractivity contribution in [2.24, 2.45) is 5.11 Å². The standard InChI is InChI=1S/C10H14N5O7P/c1-5-3-15(10(17)12-9(5)16)8-2-6(13-14-11)7(22-8)4-21-23(18,19)20/h3,6-8H,2,4H2,1H3,(H,12,16,17)(H2,18,19,20)/p-1/t6-,7+,8+/m0/s1. The summed E-state index contributed by atoms with van der Waals surface area (Å²) >= 11 is 0. The van der Waals surface area contributed by atoms with Crippen molar-refractivity contribution in [2.45, 2.75) is 31.7 Å². The summed E-state index contributed by atoms with van der Waals surface area (Å²) in [5.41, 5.74) is 7.56. The molecule has 0 aliphatic carbocycles. The van der Waals surface area contributed by atoms with Crippen LogP contribution in [-0.4, -0.2) is 33.2 Å². The molecule has 0 bridgehead atoms. The summed E-state index contributed by atoms with van der Waals surface area (Å²) in [6.45, 7) is 0.920. The van der Waals surface area contributed by atoms with Crippen LogP contribution in [-0.2, 0) is 13.8 Å². The van der Waals surface area contributed by atoms with E-state index in [1.54, 1.807) is 0 Å².